The average Bonchev–Trinajstić information content (AvgIpc) is 3.48. The molecule has 0 N–H and O–H groups in total. The normalized spacial score (nSPS) is 18.4. The molecule has 0 bridgehead atoms. The zero-order valence-electron chi connectivity index (χ0n) is 19.8. The summed E-state index contributed by atoms with van der Waals surface area (Å²) in [5.74, 6) is 1.80. The molecular formula is C26H29N5O4. The van der Waals surface area contributed by atoms with Gasteiger partial charge in [0.05, 0.1) is 25.0 Å². The first-order valence-electron chi connectivity index (χ1n) is 12.0. The highest BCUT2D eigenvalue weighted by Crippen LogP contribution is 2.29. The van der Waals surface area contributed by atoms with Crippen LogP contribution in [0.25, 0.3) is 11.3 Å². The maximum absolute atomic E-state index is 13.3. The fourth-order valence-corrected chi connectivity index (χ4v) is 4.82. The van der Waals surface area contributed by atoms with Gasteiger partial charge in [-0.05, 0) is 49.2 Å². The van der Waals surface area contributed by atoms with Crippen LogP contribution in [0, 0.1) is 5.92 Å². The maximum atomic E-state index is 13.3. The summed E-state index contributed by atoms with van der Waals surface area (Å²) in [7, 11) is 1.64. The Balaban J connectivity index is 1.19. The Morgan fingerprint density at radius 3 is 2.46 bits per heavy atom. The van der Waals surface area contributed by atoms with Gasteiger partial charge >= 0.3 is 0 Å². The van der Waals surface area contributed by atoms with E-state index in [-0.39, 0.29) is 17.7 Å². The van der Waals surface area contributed by atoms with Gasteiger partial charge in [0, 0.05) is 44.8 Å². The molecule has 2 saturated heterocycles. The Morgan fingerprint density at radius 2 is 1.74 bits per heavy atom. The zero-order chi connectivity index (χ0) is 24.2. The van der Waals surface area contributed by atoms with E-state index in [9.17, 15) is 9.59 Å². The van der Waals surface area contributed by atoms with Crippen molar-refractivity contribution in [2.24, 2.45) is 5.92 Å². The summed E-state index contributed by atoms with van der Waals surface area (Å²) in [6, 6.07) is 15.0. The van der Waals surface area contributed by atoms with Gasteiger partial charge in [0.1, 0.15) is 5.75 Å². The Kier molecular flexibility index (Phi) is 6.65. The van der Waals surface area contributed by atoms with Crippen LogP contribution in [-0.2, 0) is 4.79 Å². The number of para-hydroxylation sites is 1. The van der Waals surface area contributed by atoms with Crippen molar-refractivity contribution in [1.29, 1.82) is 0 Å². The van der Waals surface area contributed by atoms with Crippen LogP contribution in [0.3, 0.4) is 0 Å². The van der Waals surface area contributed by atoms with E-state index < -0.39 is 0 Å². The molecule has 2 aliphatic heterocycles. The zero-order valence-corrected chi connectivity index (χ0v) is 19.8. The Hall–Kier alpha value is -3.88. The van der Waals surface area contributed by atoms with E-state index in [1.54, 1.807) is 24.1 Å². The van der Waals surface area contributed by atoms with E-state index in [0.29, 0.717) is 38.5 Å². The fourth-order valence-electron chi connectivity index (χ4n) is 4.82. The number of amides is 2. The lowest BCUT2D eigenvalue weighted by Crippen LogP contribution is -2.53. The summed E-state index contributed by atoms with van der Waals surface area (Å²) in [4.78, 5) is 31.5. The van der Waals surface area contributed by atoms with E-state index in [0.717, 1.165) is 42.2 Å². The van der Waals surface area contributed by atoms with E-state index in [4.69, 9.17) is 9.15 Å². The number of benzene rings is 1. The lowest BCUT2D eigenvalue weighted by Gasteiger charge is -2.39. The van der Waals surface area contributed by atoms with Crippen molar-refractivity contribution < 1.29 is 18.7 Å². The highest BCUT2D eigenvalue weighted by molar-refractivity contribution is 5.91. The van der Waals surface area contributed by atoms with Crippen molar-refractivity contribution in [2.75, 3.05) is 51.3 Å². The van der Waals surface area contributed by atoms with Gasteiger partial charge in [-0.2, -0.15) is 0 Å². The molecule has 2 amide bonds. The predicted molar refractivity (Wildman–Crippen MR) is 130 cm³/mol. The molecule has 0 saturated carbocycles. The van der Waals surface area contributed by atoms with Crippen molar-refractivity contribution in [1.82, 2.24) is 20.0 Å². The van der Waals surface area contributed by atoms with Crippen LogP contribution in [0.5, 0.6) is 5.75 Å². The summed E-state index contributed by atoms with van der Waals surface area (Å²) in [5.41, 5.74) is 1.64. The third-order valence-electron chi connectivity index (χ3n) is 6.74. The smallest absolute Gasteiger partial charge is 0.289 e. The Labute approximate surface area is 204 Å². The van der Waals surface area contributed by atoms with E-state index >= 15 is 0 Å². The molecule has 0 radical (unpaired) electrons. The molecule has 4 heterocycles. The predicted octanol–water partition coefficient (Wildman–Crippen LogP) is 2.95. The SMILES string of the molecule is COc1ccccc1-c1ccc(N2CCCC(C(=O)N3CCN(C(=O)c4ccco4)CC3)C2)nn1. The quantitative estimate of drug-likeness (QED) is 0.560. The molecule has 0 aliphatic carbocycles. The van der Waals surface area contributed by atoms with Crippen LogP contribution >= 0.6 is 0 Å². The number of anilines is 1. The summed E-state index contributed by atoms with van der Waals surface area (Å²) < 4.78 is 10.7. The van der Waals surface area contributed by atoms with Gasteiger partial charge in [-0.25, -0.2) is 0 Å². The van der Waals surface area contributed by atoms with Crippen molar-refractivity contribution >= 4 is 17.6 Å². The number of aromatic nitrogens is 2. The number of nitrogens with zero attached hydrogens (tertiary/aromatic N) is 5. The summed E-state index contributed by atoms with van der Waals surface area (Å²) in [6.45, 7) is 3.56. The maximum Gasteiger partial charge on any atom is 0.289 e. The molecule has 2 aromatic heterocycles. The molecule has 9 heteroatoms. The summed E-state index contributed by atoms with van der Waals surface area (Å²) >= 11 is 0. The first-order valence-corrected chi connectivity index (χ1v) is 12.0. The number of piperidine rings is 1. The monoisotopic (exact) mass is 475 g/mol. The van der Waals surface area contributed by atoms with Crippen molar-refractivity contribution in [3.8, 4) is 17.0 Å². The number of methoxy groups -OCH3 is 1. The number of hydrogen-bond donors (Lipinski definition) is 0. The summed E-state index contributed by atoms with van der Waals surface area (Å²) in [6.07, 6.45) is 3.27. The highest BCUT2D eigenvalue weighted by atomic mass is 16.5. The molecule has 5 rings (SSSR count). The first kappa shape index (κ1) is 22.9. The topological polar surface area (TPSA) is 92.0 Å². The molecular weight excluding hydrogens is 446 g/mol. The molecule has 1 unspecified atom stereocenters. The van der Waals surface area contributed by atoms with Gasteiger partial charge < -0.3 is 23.9 Å². The standard InChI is InChI=1S/C26H29N5O4/c1-34-22-8-3-2-7-20(22)21-10-11-24(28-27-21)31-12-4-6-19(18-31)25(32)29-13-15-30(16-14-29)26(33)23-9-5-17-35-23/h2-3,5,7-11,17,19H,4,6,12-16,18H2,1H3. The molecule has 0 spiro atoms. The lowest BCUT2D eigenvalue weighted by molar-refractivity contribution is -0.137. The molecule has 2 aliphatic rings. The van der Waals surface area contributed by atoms with Crippen LogP contribution < -0.4 is 9.64 Å². The fraction of sp³-hybridized carbons (Fsp3) is 0.385. The third-order valence-corrected chi connectivity index (χ3v) is 6.74. The first-order chi connectivity index (χ1) is 17.1. The van der Waals surface area contributed by atoms with Gasteiger partial charge in [0.2, 0.25) is 5.91 Å². The Bertz CT molecular complexity index is 1160. The largest absolute Gasteiger partial charge is 0.496 e. The van der Waals surface area contributed by atoms with Crippen molar-refractivity contribution in [3.05, 3.63) is 60.6 Å². The van der Waals surface area contributed by atoms with Crippen LogP contribution in [0.4, 0.5) is 5.82 Å². The van der Waals surface area contributed by atoms with E-state index in [1.807, 2.05) is 41.3 Å². The highest BCUT2D eigenvalue weighted by Gasteiger charge is 2.33. The molecule has 182 valence electrons. The van der Waals surface area contributed by atoms with E-state index in [1.165, 1.54) is 6.26 Å². The molecule has 2 fully saturated rings. The minimum atomic E-state index is -0.124. The van der Waals surface area contributed by atoms with Gasteiger partial charge in [-0.1, -0.05) is 12.1 Å². The lowest BCUT2D eigenvalue weighted by atomic mass is 9.96. The number of ether oxygens (including phenoxy) is 1. The minimum absolute atomic E-state index is 0.0910. The number of piperazine rings is 1. The Morgan fingerprint density at radius 1 is 0.943 bits per heavy atom. The third kappa shape index (κ3) is 4.84. The molecule has 3 aromatic rings. The second-order valence-electron chi connectivity index (χ2n) is 8.86. The van der Waals surface area contributed by atoms with Gasteiger partial charge in [-0.3, -0.25) is 9.59 Å². The van der Waals surface area contributed by atoms with E-state index in [2.05, 4.69) is 15.1 Å². The van der Waals surface area contributed by atoms with Crippen LogP contribution in [-0.4, -0.2) is 78.2 Å². The number of rotatable bonds is 5. The number of hydrogen-bond acceptors (Lipinski definition) is 7. The second-order valence-corrected chi connectivity index (χ2v) is 8.86. The van der Waals surface area contributed by atoms with Gasteiger partial charge in [-0.15, -0.1) is 10.2 Å². The average molecular weight is 476 g/mol. The van der Waals surface area contributed by atoms with Crippen molar-refractivity contribution in [3.63, 3.8) is 0 Å². The minimum Gasteiger partial charge on any atom is -0.496 e. The molecule has 35 heavy (non-hydrogen) atoms. The second kappa shape index (κ2) is 10.2. The van der Waals surface area contributed by atoms with Gasteiger partial charge in [0.25, 0.3) is 5.91 Å². The molecule has 1 atom stereocenters. The summed E-state index contributed by atoms with van der Waals surface area (Å²) in [5, 5.41) is 8.88. The molecule has 1 aromatic carbocycles. The van der Waals surface area contributed by atoms with Crippen LogP contribution in [0.15, 0.2) is 59.2 Å². The van der Waals surface area contributed by atoms with Crippen LogP contribution in [0.1, 0.15) is 23.4 Å². The molecule has 9 nitrogen and oxygen atoms in total. The number of carbonyl (C=O) groups excluding carboxylic acids is 2. The van der Waals surface area contributed by atoms with Crippen LogP contribution in [0.2, 0.25) is 0 Å². The van der Waals surface area contributed by atoms with Gasteiger partial charge in [0.15, 0.2) is 11.6 Å². The number of carbonyl (C=O) groups is 2. The van der Waals surface area contributed by atoms with Crippen molar-refractivity contribution in [2.45, 2.75) is 12.8 Å². The number of furan rings is 1.